The molecule has 18 heavy (non-hydrogen) atoms. The maximum absolute atomic E-state index is 3.16. The van der Waals surface area contributed by atoms with Crippen LogP contribution in [-0.2, 0) is 0 Å². The fraction of sp³-hybridized carbons (Fsp3) is 0.833. The van der Waals surface area contributed by atoms with Gasteiger partial charge < -0.3 is 0 Å². The van der Waals surface area contributed by atoms with Crippen molar-refractivity contribution < 1.29 is 0 Å². The Morgan fingerprint density at radius 3 is 1.89 bits per heavy atom. The molecule has 3 aliphatic rings. The minimum Gasteiger partial charge on any atom is -0.0811 e. The summed E-state index contributed by atoms with van der Waals surface area (Å²) in [5.74, 6) is 2.22. The lowest BCUT2D eigenvalue weighted by atomic mass is 9.73. The van der Waals surface area contributed by atoms with E-state index in [0.29, 0.717) is 0 Å². The van der Waals surface area contributed by atoms with Gasteiger partial charge in [0.1, 0.15) is 0 Å². The van der Waals surface area contributed by atoms with Gasteiger partial charge in [0.25, 0.3) is 0 Å². The molecule has 3 aliphatic carbocycles. The fourth-order valence-corrected chi connectivity index (χ4v) is 3.71. The van der Waals surface area contributed by atoms with E-state index >= 15 is 0 Å². The molecule has 0 heteroatoms. The van der Waals surface area contributed by atoms with Crippen LogP contribution in [0.4, 0.5) is 0 Å². The molecular weight excluding hydrogens is 216 g/mol. The minimum absolute atomic E-state index is 1.11. The molecule has 0 bridgehead atoms. The summed E-state index contributed by atoms with van der Waals surface area (Å²) < 4.78 is 0. The van der Waals surface area contributed by atoms with E-state index in [2.05, 4.69) is 18.6 Å². The second-order valence-electron chi connectivity index (χ2n) is 6.26. The Bertz CT molecular complexity index is 192. The van der Waals surface area contributed by atoms with Crippen LogP contribution in [0.25, 0.3) is 0 Å². The topological polar surface area (TPSA) is 0 Å². The lowest BCUT2D eigenvalue weighted by Crippen LogP contribution is -2.20. The van der Waals surface area contributed by atoms with Gasteiger partial charge in [-0.15, -0.1) is 0 Å². The third-order valence-corrected chi connectivity index (χ3v) is 4.86. The van der Waals surface area contributed by atoms with Crippen molar-refractivity contribution >= 4 is 0 Å². The van der Waals surface area contributed by atoms with Crippen LogP contribution in [-0.4, -0.2) is 0 Å². The molecule has 0 heterocycles. The molecule has 0 aromatic carbocycles. The first-order valence-electron chi connectivity index (χ1n) is 8.33. The molecule has 2 fully saturated rings. The van der Waals surface area contributed by atoms with Crippen molar-refractivity contribution in [2.75, 3.05) is 0 Å². The fourth-order valence-electron chi connectivity index (χ4n) is 3.71. The van der Waals surface area contributed by atoms with Crippen LogP contribution in [0, 0.1) is 24.3 Å². The van der Waals surface area contributed by atoms with Crippen molar-refractivity contribution in [2.24, 2.45) is 11.8 Å². The van der Waals surface area contributed by atoms with Crippen LogP contribution < -0.4 is 0 Å². The molecule has 0 aliphatic heterocycles. The van der Waals surface area contributed by atoms with Gasteiger partial charge in [-0.05, 0) is 75.7 Å². The van der Waals surface area contributed by atoms with Gasteiger partial charge >= 0.3 is 0 Å². The van der Waals surface area contributed by atoms with Crippen molar-refractivity contribution in [3.8, 4) is 0 Å². The first-order valence-corrected chi connectivity index (χ1v) is 8.33. The van der Waals surface area contributed by atoms with Crippen molar-refractivity contribution in [3.63, 3.8) is 0 Å². The van der Waals surface area contributed by atoms with Crippen molar-refractivity contribution in [1.29, 1.82) is 0 Å². The highest BCUT2D eigenvalue weighted by molar-refractivity contribution is 4.82. The van der Waals surface area contributed by atoms with Gasteiger partial charge in [-0.25, -0.2) is 0 Å². The van der Waals surface area contributed by atoms with Gasteiger partial charge in [-0.3, -0.25) is 0 Å². The van der Waals surface area contributed by atoms with Crippen LogP contribution in [0.5, 0.6) is 0 Å². The molecule has 2 saturated carbocycles. The largest absolute Gasteiger partial charge is 0.0811 e. The molecule has 0 nitrogen and oxygen atoms in total. The summed E-state index contributed by atoms with van der Waals surface area (Å²) >= 11 is 0. The Kier molecular flexibility index (Phi) is 6.90. The average Bonchev–Trinajstić information content (AvgIpc) is 2.51. The molecule has 0 saturated heterocycles. The Balaban J connectivity index is 0.000000169. The first kappa shape index (κ1) is 14.2. The molecule has 0 N–H and O–H groups in total. The van der Waals surface area contributed by atoms with E-state index in [1.165, 1.54) is 70.6 Å². The van der Waals surface area contributed by atoms with Crippen LogP contribution >= 0.6 is 0 Å². The van der Waals surface area contributed by atoms with Crippen LogP contribution in [0.3, 0.4) is 0 Å². The molecule has 0 spiro atoms. The quantitative estimate of drug-likeness (QED) is 0.542. The van der Waals surface area contributed by atoms with Crippen LogP contribution in [0.2, 0.25) is 0 Å². The van der Waals surface area contributed by atoms with Crippen LogP contribution in [0.15, 0.2) is 6.08 Å². The Hall–Kier alpha value is -0.260. The summed E-state index contributed by atoms with van der Waals surface area (Å²) in [4.78, 5) is 0. The van der Waals surface area contributed by atoms with Gasteiger partial charge in [0.05, 0.1) is 0 Å². The second kappa shape index (κ2) is 8.77. The van der Waals surface area contributed by atoms with E-state index in [1.54, 1.807) is 12.8 Å². The van der Waals surface area contributed by atoms with Crippen LogP contribution in [0.1, 0.15) is 83.5 Å². The van der Waals surface area contributed by atoms with Gasteiger partial charge in [0.15, 0.2) is 0 Å². The third kappa shape index (κ3) is 5.16. The predicted octanol–water partition coefficient (Wildman–Crippen LogP) is 5.88. The summed E-state index contributed by atoms with van der Waals surface area (Å²) in [7, 11) is 0. The monoisotopic (exact) mass is 246 g/mol. The zero-order valence-electron chi connectivity index (χ0n) is 12.0. The molecule has 102 valence electrons. The van der Waals surface area contributed by atoms with E-state index in [9.17, 15) is 0 Å². The molecule has 0 atom stereocenters. The summed E-state index contributed by atoms with van der Waals surface area (Å²) in [6.45, 7) is 0. The van der Waals surface area contributed by atoms with E-state index in [0.717, 1.165) is 11.8 Å². The maximum Gasteiger partial charge on any atom is -0.0279 e. The molecule has 0 aromatic heterocycles. The maximum atomic E-state index is 3.16. The smallest absolute Gasteiger partial charge is 0.0279 e. The molecule has 0 aromatic rings. The summed E-state index contributed by atoms with van der Waals surface area (Å²) in [5, 5.41) is 0. The van der Waals surface area contributed by atoms with Gasteiger partial charge in [0, 0.05) is 0 Å². The van der Waals surface area contributed by atoms with Crippen molar-refractivity contribution in [3.05, 3.63) is 18.6 Å². The molecule has 0 amide bonds. The number of hydrogen-bond acceptors (Lipinski definition) is 0. The van der Waals surface area contributed by atoms with Crippen molar-refractivity contribution in [2.45, 2.75) is 83.5 Å². The van der Waals surface area contributed by atoms with Gasteiger partial charge in [-0.1, -0.05) is 38.2 Å². The summed E-state index contributed by atoms with van der Waals surface area (Å²) in [6, 6.07) is 0. The lowest BCUT2D eigenvalue weighted by Gasteiger charge is -2.32. The number of hydrogen-bond donors (Lipinski definition) is 0. The Morgan fingerprint density at radius 2 is 1.39 bits per heavy atom. The minimum atomic E-state index is 1.11. The van der Waals surface area contributed by atoms with Crippen molar-refractivity contribution in [1.82, 2.24) is 0 Å². The molecule has 3 rings (SSSR count). The molecular formula is C18H30. The molecule has 0 unspecified atom stereocenters. The highest BCUT2D eigenvalue weighted by Gasteiger charge is 2.24. The van der Waals surface area contributed by atoms with E-state index in [-0.39, 0.29) is 0 Å². The second-order valence-corrected chi connectivity index (χ2v) is 6.26. The standard InChI is InChI=1S/C12H21.C6H9/c1-3-7-11(8-4-1)12-9-5-2-6-10-12;1-2-4-6-5-3-1/h1,11-12H,2-10H2;1H,2,4-6H2. The Labute approximate surface area is 114 Å². The normalized spacial score (nSPS) is 26.4. The third-order valence-electron chi connectivity index (χ3n) is 4.86. The Morgan fingerprint density at radius 1 is 0.667 bits per heavy atom. The zero-order chi connectivity index (χ0) is 12.5. The highest BCUT2D eigenvalue weighted by Crippen LogP contribution is 2.37. The summed E-state index contributed by atoms with van der Waals surface area (Å²) in [6.07, 6.45) is 26.4. The number of allylic oxidation sites excluding steroid dienone is 2. The number of rotatable bonds is 1. The van der Waals surface area contributed by atoms with E-state index in [4.69, 9.17) is 0 Å². The SMILES string of the molecule is [CH]1CCC(C2CCCCC2)CC1.[C]1=CCCCC1. The van der Waals surface area contributed by atoms with E-state index in [1.807, 2.05) is 0 Å². The lowest BCUT2D eigenvalue weighted by molar-refractivity contribution is 0.210. The zero-order valence-corrected chi connectivity index (χ0v) is 12.0. The van der Waals surface area contributed by atoms with Gasteiger partial charge in [-0.2, -0.15) is 0 Å². The first-order chi connectivity index (χ1) is 8.97. The predicted molar refractivity (Wildman–Crippen MR) is 79.1 cm³/mol. The van der Waals surface area contributed by atoms with Gasteiger partial charge in [0.2, 0.25) is 0 Å². The summed E-state index contributed by atoms with van der Waals surface area (Å²) in [5.41, 5.74) is 0. The average molecular weight is 246 g/mol. The van der Waals surface area contributed by atoms with E-state index < -0.39 is 0 Å². The molecule has 2 radical (unpaired) electrons. The highest BCUT2D eigenvalue weighted by atomic mass is 14.3.